The third-order valence-electron chi connectivity index (χ3n) is 2.53. The Kier molecular flexibility index (Phi) is 6.18. The molecule has 0 aliphatic carbocycles. The average molecular weight is 295 g/mol. The first-order chi connectivity index (χ1) is 9.71. The summed E-state index contributed by atoms with van der Waals surface area (Å²) in [7, 11) is 1.99. The van der Waals surface area contributed by atoms with E-state index >= 15 is 0 Å². The molecule has 120 valence electrons. The normalized spacial score (nSPS) is 11.6. The third kappa shape index (κ3) is 6.60. The molecule has 0 bridgehead atoms. The van der Waals surface area contributed by atoms with Crippen LogP contribution in [0, 0.1) is 5.41 Å². The van der Waals surface area contributed by atoms with E-state index < -0.39 is 0 Å². The van der Waals surface area contributed by atoms with Crippen LogP contribution in [0.1, 0.15) is 48.0 Å². The van der Waals surface area contributed by atoms with Gasteiger partial charge in [0, 0.05) is 20.1 Å². The summed E-state index contributed by atoms with van der Waals surface area (Å²) in [6.07, 6.45) is 1.05. The van der Waals surface area contributed by atoms with Crippen LogP contribution < -0.4 is 15.0 Å². The van der Waals surface area contributed by atoms with E-state index in [2.05, 4.69) is 48.0 Å². The minimum Gasteiger partial charge on any atom is -0.461 e. The molecule has 0 saturated carbocycles. The number of anilines is 2. The summed E-state index contributed by atoms with van der Waals surface area (Å²) >= 11 is 0. The highest BCUT2D eigenvalue weighted by molar-refractivity contribution is 5.37. The number of nitrogens with zero attached hydrogens (tertiary/aromatic N) is 4. The third-order valence-corrected chi connectivity index (χ3v) is 2.53. The Bertz CT molecular complexity index is 442. The predicted octanol–water partition coefficient (Wildman–Crippen LogP) is 2.96. The highest BCUT2D eigenvalue weighted by Gasteiger charge is 2.18. The van der Waals surface area contributed by atoms with E-state index in [4.69, 9.17) is 4.74 Å². The van der Waals surface area contributed by atoms with Crippen LogP contribution in [-0.4, -0.2) is 41.2 Å². The minimum atomic E-state index is 0.0344. The molecule has 1 heterocycles. The van der Waals surface area contributed by atoms with Gasteiger partial charge in [-0.25, -0.2) is 0 Å². The summed E-state index contributed by atoms with van der Waals surface area (Å²) in [6, 6.07) is 0.370. The van der Waals surface area contributed by atoms with Crippen molar-refractivity contribution in [1.82, 2.24) is 15.0 Å². The lowest BCUT2D eigenvalue weighted by Crippen LogP contribution is -2.31. The molecule has 6 nitrogen and oxygen atoms in total. The van der Waals surface area contributed by atoms with Crippen molar-refractivity contribution in [2.45, 2.75) is 54.1 Å². The van der Waals surface area contributed by atoms with Crippen LogP contribution >= 0.6 is 0 Å². The topological polar surface area (TPSA) is 63.2 Å². The van der Waals surface area contributed by atoms with Crippen LogP contribution in [0.3, 0.4) is 0 Å². The van der Waals surface area contributed by atoms with E-state index in [0.29, 0.717) is 17.9 Å². The molecule has 1 rings (SSSR count). The highest BCUT2D eigenvalue weighted by atomic mass is 16.5. The van der Waals surface area contributed by atoms with Gasteiger partial charge in [-0.1, -0.05) is 27.7 Å². The molecule has 0 spiro atoms. The molecular formula is C15H29N5O. The van der Waals surface area contributed by atoms with Gasteiger partial charge in [0.05, 0.1) is 6.10 Å². The molecule has 0 atom stereocenters. The predicted molar refractivity (Wildman–Crippen MR) is 87.1 cm³/mol. The van der Waals surface area contributed by atoms with Gasteiger partial charge in [0.1, 0.15) is 0 Å². The first-order valence-corrected chi connectivity index (χ1v) is 7.59. The molecule has 0 amide bonds. The Morgan fingerprint density at radius 1 is 1.19 bits per heavy atom. The van der Waals surface area contributed by atoms with Crippen molar-refractivity contribution >= 4 is 11.9 Å². The molecule has 1 aromatic rings. The fourth-order valence-corrected chi connectivity index (χ4v) is 1.88. The van der Waals surface area contributed by atoms with Gasteiger partial charge in [0.15, 0.2) is 0 Å². The zero-order chi connectivity index (χ0) is 16.0. The second-order valence-corrected chi connectivity index (χ2v) is 6.75. The van der Waals surface area contributed by atoms with Crippen molar-refractivity contribution in [1.29, 1.82) is 0 Å². The minimum absolute atomic E-state index is 0.0344. The zero-order valence-electron chi connectivity index (χ0n) is 14.4. The molecule has 0 aliphatic rings. The van der Waals surface area contributed by atoms with Crippen molar-refractivity contribution in [3.05, 3.63) is 0 Å². The number of ether oxygens (including phenoxy) is 1. The number of hydrogen-bond acceptors (Lipinski definition) is 6. The monoisotopic (exact) mass is 295 g/mol. The largest absolute Gasteiger partial charge is 0.461 e. The number of aromatic nitrogens is 3. The van der Waals surface area contributed by atoms with E-state index in [-0.39, 0.29) is 11.5 Å². The lowest BCUT2D eigenvalue weighted by Gasteiger charge is -2.26. The first kappa shape index (κ1) is 17.5. The Morgan fingerprint density at radius 3 is 2.38 bits per heavy atom. The van der Waals surface area contributed by atoms with E-state index in [0.717, 1.165) is 19.5 Å². The standard InChI is InChI=1S/C15H29N5O/c1-8-9-16-12-17-13(20(7)10-15(4,5)6)19-14(18-12)21-11(2)3/h11H,8-10H2,1-7H3,(H,16,17,18,19). The van der Waals surface area contributed by atoms with E-state index in [9.17, 15) is 0 Å². The van der Waals surface area contributed by atoms with Gasteiger partial charge in [-0.15, -0.1) is 0 Å². The highest BCUT2D eigenvalue weighted by Crippen LogP contribution is 2.20. The van der Waals surface area contributed by atoms with Crippen molar-refractivity contribution < 1.29 is 4.74 Å². The van der Waals surface area contributed by atoms with Crippen molar-refractivity contribution in [3.8, 4) is 6.01 Å². The Balaban J connectivity index is 2.99. The van der Waals surface area contributed by atoms with Gasteiger partial charge in [0.2, 0.25) is 11.9 Å². The second kappa shape index (κ2) is 7.43. The Labute approximate surface area is 128 Å². The molecule has 0 unspecified atom stereocenters. The number of rotatable bonds is 7. The van der Waals surface area contributed by atoms with Crippen molar-refractivity contribution in [2.24, 2.45) is 5.41 Å². The lowest BCUT2D eigenvalue weighted by molar-refractivity contribution is 0.222. The van der Waals surface area contributed by atoms with E-state index in [1.54, 1.807) is 0 Å². The summed E-state index contributed by atoms with van der Waals surface area (Å²) in [6.45, 7) is 14.3. The van der Waals surface area contributed by atoms with Crippen LogP contribution in [0.2, 0.25) is 0 Å². The van der Waals surface area contributed by atoms with Crippen LogP contribution in [0.5, 0.6) is 6.01 Å². The SMILES string of the molecule is CCCNc1nc(OC(C)C)nc(N(C)CC(C)(C)C)n1. The summed E-state index contributed by atoms with van der Waals surface area (Å²) in [4.78, 5) is 15.2. The van der Waals surface area contributed by atoms with Crippen molar-refractivity contribution in [2.75, 3.05) is 30.4 Å². The summed E-state index contributed by atoms with van der Waals surface area (Å²) in [5.41, 5.74) is 0.164. The molecule has 0 saturated heterocycles. The second-order valence-electron chi connectivity index (χ2n) is 6.75. The average Bonchev–Trinajstić information content (AvgIpc) is 2.33. The van der Waals surface area contributed by atoms with Gasteiger partial charge in [-0.05, 0) is 25.7 Å². The lowest BCUT2D eigenvalue weighted by atomic mass is 9.96. The number of hydrogen-bond donors (Lipinski definition) is 1. The molecule has 0 aliphatic heterocycles. The maximum absolute atomic E-state index is 5.63. The molecule has 6 heteroatoms. The molecule has 1 N–H and O–H groups in total. The smallest absolute Gasteiger partial charge is 0.323 e. The van der Waals surface area contributed by atoms with Gasteiger partial charge in [-0.3, -0.25) is 0 Å². The summed E-state index contributed by atoms with van der Waals surface area (Å²) < 4.78 is 5.63. The Morgan fingerprint density at radius 2 is 1.86 bits per heavy atom. The van der Waals surface area contributed by atoms with Gasteiger partial charge in [0.25, 0.3) is 0 Å². The zero-order valence-corrected chi connectivity index (χ0v) is 14.4. The molecule has 0 aromatic carbocycles. The molecule has 21 heavy (non-hydrogen) atoms. The van der Waals surface area contributed by atoms with Crippen LogP contribution in [0.4, 0.5) is 11.9 Å². The fourth-order valence-electron chi connectivity index (χ4n) is 1.88. The maximum atomic E-state index is 5.63. The molecule has 0 fully saturated rings. The number of nitrogens with one attached hydrogen (secondary N) is 1. The van der Waals surface area contributed by atoms with Gasteiger partial charge in [-0.2, -0.15) is 15.0 Å². The van der Waals surface area contributed by atoms with Crippen molar-refractivity contribution in [3.63, 3.8) is 0 Å². The van der Waals surface area contributed by atoms with Crippen LogP contribution in [-0.2, 0) is 0 Å². The Hall–Kier alpha value is -1.59. The van der Waals surface area contributed by atoms with E-state index in [1.165, 1.54) is 0 Å². The first-order valence-electron chi connectivity index (χ1n) is 7.59. The maximum Gasteiger partial charge on any atom is 0.323 e. The molecule has 0 radical (unpaired) electrons. The quantitative estimate of drug-likeness (QED) is 0.834. The van der Waals surface area contributed by atoms with E-state index in [1.807, 2.05) is 25.8 Å². The van der Waals surface area contributed by atoms with Crippen LogP contribution in [0.25, 0.3) is 0 Å². The van der Waals surface area contributed by atoms with Gasteiger partial charge < -0.3 is 15.0 Å². The molecular weight excluding hydrogens is 266 g/mol. The molecule has 1 aromatic heterocycles. The van der Waals surface area contributed by atoms with Gasteiger partial charge >= 0.3 is 6.01 Å². The van der Waals surface area contributed by atoms with Crippen LogP contribution in [0.15, 0.2) is 0 Å². The summed E-state index contributed by atoms with van der Waals surface area (Å²) in [5.74, 6) is 1.20. The fraction of sp³-hybridized carbons (Fsp3) is 0.800. The summed E-state index contributed by atoms with van der Waals surface area (Å²) in [5, 5.41) is 3.20.